The lowest BCUT2D eigenvalue weighted by atomic mass is 10.1. The first-order valence-corrected chi connectivity index (χ1v) is 14.1. The summed E-state index contributed by atoms with van der Waals surface area (Å²) in [5.74, 6) is -1.18. The van der Waals surface area contributed by atoms with Crippen LogP contribution in [0.15, 0.2) is 27.7 Å². The van der Waals surface area contributed by atoms with Crippen LogP contribution in [-0.2, 0) is 10.9 Å². The van der Waals surface area contributed by atoms with Gasteiger partial charge in [-0.2, -0.15) is 18.2 Å². The predicted molar refractivity (Wildman–Crippen MR) is 149 cm³/mol. The second-order valence-electron chi connectivity index (χ2n) is 11.1. The molecule has 0 bridgehead atoms. The van der Waals surface area contributed by atoms with Gasteiger partial charge in [0, 0.05) is 12.1 Å². The summed E-state index contributed by atoms with van der Waals surface area (Å²) < 4.78 is 57.7. The molecule has 1 aromatic heterocycles. The largest absolute Gasteiger partial charge is 0.493 e. The third-order valence-electron chi connectivity index (χ3n) is 6.45. The second kappa shape index (κ2) is 14.5. The average molecular weight is 614 g/mol. The fraction of sp³-hybridized carbons (Fsp3) is 0.607. The Morgan fingerprint density at radius 2 is 1.86 bits per heavy atom. The number of nitrogens with one attached hydrogen (secondary N) is 1. The van der Waals surface area contributed by atoms with Crippen molar-refractivity contribution < 1.29 is 47.0 Å². The third kappa shape index (κ3) is 9.83. The fourth-order valence-corrected chi connectivity index (χ4v) is 4.51. The Hall–Kier alpha value is -3.88. The molecule has 43 heavy (non-hydrogen) atoms. The zero-order valence-electron chi connectivity index (χ0n) is 24.6. The first-order valence-electron chi connectivity index (χ1n) is 14.1. The summed E-state index contributed by atoms with van der Waals surface area (Å²) >= 11 is 0. The quantitative estimate of drug-likeness (QED) is 0.161. The van der Waals surface area contributed by atoms with Gasteiger partial charge in [-0.05, 0) is 51.8 Å². The minimum atomic E-state index is -4.72. The van der Waals surface area contributed by atoms with Crippen LogP contribution in [0.3, 0.4) is 0 Å². The van der Waals surface area contributed by atoms with Crippen molar-refractivity contribution in [2.45, 2.75) is 96.6 Å². The van der Waals surface area contributed by atoms with E-state index in [-0.39, 0.29) is 42.6 Å². The Kier molecular flexibility index (Phi) is 11.4. The molecule has 0 radical (unpaired) electrons. The van der Waals surface area contributed by atoms with Crippen LogP contribution in [0, 0.1) is 0 Å². The number of benzene rings is 1. The van der Waals surface area contributed by atoms with E-state index in [9.17, 15) is 33.0 Å². The van der Waals surface area contributed by atoms with Crippen LogP contribution < -0.4 is 10.1 Å². The zero-order valence-corrected chi connectivity index (χ0v) is 24.6. The van der Waals surface area contributed by atoms with E-state index >= 15 is 0 Å². The third-order valence-corrected chi connectivity index (χ3v) is 6.45. The molecule has 0 spiro atoms. The molecule has 3 rings (SSSR count). The number of alkyl carbamates (subject to hydrolysis) is 1. The van der Waals surface area contributed by atoms with Gasteiger partial charge in [-0.15, -0.1) is 4.99 Å². The number of carboxylic acid groups (broad SMARTS) is 1. The number of hydrogen-bond donors (Lipinski definition) is 3. The number of amides is 2. The standard InChI is InChI=1S/C28H38F3N5O7/c1-5-6-7-8-9-10-15-41-20-12-11-17(16-18(20)28(29,30)31)22-32-23(43-35-22)21-19(37)13-14-36(21)24(33-25(38)39)34-26(40)42-27(2,3)4/h11-12,16,19,21,37H,5-10,13-15H2,1-4H3,(H,38,39)(H,33,34,40)/t19-,21+/m1/s1. The molecule has 2 atom stereocenters. The minimum Gasteiger partial charge on any atom is -0.493 e. The highest BCUT2D eigenvalue weighted by Crippen LogP contribution is 2.39. The van der Waals surface area contributed by atoms with Crippen molar-refractivity contribution >= 4 is 18.1 Å². The lowest BCUT2D eigenvalue weighted by molar-refractivity contribution is -0.138. The number of nitrogens with zero attached hydrogens (tertiary/aromatic N) is 4. The summed E-state index contributed by atoms with van der Waals surface area (Å²) in [4.78, 5) is 32.6. The Morgan fingerprint density at radius 1 is 1.16 bits per heavy atom. The van der Waals surface area contributed by atoms with E-state index in [2.05, 4.69) is 27.4 Å². The van der Waals surface area contributed by atoms with Gasteiger partial charge in [-0.1, -0.05) is 44.2 Å². The first kappa shape index (κ1) is 33.6. The molecule has 2 aromatic rings. The normalized spacial score (nSPS) is 17.7. The van der Waals surface area contributed by atoms with Crippen molar-refractivity contribution in [1.82, 2.24) is 20.4 Å². The van der Waals surface area contributed by atoms with Crippen LogP contribution in [0.25, 0.3) is 11.4 Å². The monoisotopic (exact) mass is 613 g/mol. The van der Waals surface area contributed by atoms with Crippen LogP contribution in [0.4, 0.5) is 22.8 Å². The number of aliphatic hydroxyl groups is 1. The number of alkyl halides is 3. The van der Waals surface area contributed by atoms with E-state index < -0.39 is 47.6 Å². The molecule has 15 heteroatoms. The van der Waals surface area contributed by atoms with Crippen LogP contribution in [0.5, 0.6) is 5.75 Å². The molecule has 0 unspecified atom stereocenters. The van der Waals surface area contributed by atoms with Crippen LogP contribution in [0.1, 0.15) is 90.1 Å². The number of guanidine groups is 1. The maximum absolute atomic E-state index is 13.9. The number of rotatable bonds is 10. The average Bonchev–Trinajstić information content (AvgIpc) is 3.52. The van der Waals surface area contributed by atoms with E-state index in [1.807, 2.05) is 0 Å². The molecule has 0 aliphatic carbocycles. The summed E-state index contributed by atoms with van der Waals surface area (Å²) in [6.07, 6.45) is -2.59. The lowest BCUT2D eigenvalue weighted by Gasteiger charge is -2.27. The van der Waals surface area contributed by atoms with Gasteiger partial charge in [0.1, 0.15) is 17.4 Å². The Bertz CT molecular complexity index is 1280. The smallest absolute Gasteiger partial charge is 0.434 e. The summed E-state index contributed by atoms with van der Waals surface area (Å²) in [5, 5.41) is 26.0. The van der Waals surface area contributed by atoms with Gasteiger partial charge in [-0.3, -0.25) is 5.32 Å². The van der Waals surface area contributed by atoms with Gasteiger partial charge in [-0.25, -0.2) is 9.59 Å². The predicted octanol–water partition coefficient (Wildman–Crippen LogP) is 6.16. The number of likely N-dealkylation sites (tertiary alicyclic amines) is 1. The van der Waals surface area contributed by atoms with Crippen molar-refractivity contribution in [2.24, 2.45) is 4.99 Å². The van der Waals surface area contributed by atoms with Gasteiger partial charge in [0.05, 0.1) is 18.3 Å². The number of ether oxygens (including phenoxy) is 2. The number of aromatic nitrogens is 2. The first-order chi connectivity index (χ1) is 20.2. The molecule has 238 valence electrons. The van der Waals surface area contributed by atoms with E-state index in [0.717, 1.165) is 38.2 Å². The molecule has 3 N–H and O–H groups in total. The van der Waals surface area contributed by atoms with Crippen molar-refractivity contribution in [2.75, 3.05) is 13.2 Å². The fourth-order valence-electron chi connectivity index (χ4n) is 4.51. The topological polar surface area (TPSA) is 160 Å². The lowest BCUT2D eigenvalue weighted by Crippen LogP contribution is -2.47. The van der Waals surface area contributed by atoms with Crippen molar-refractivity contribution in [1.29, 1.82) is 0 Å². The molecular weight excluding hydrogens is 575 g/mol. The number of carbonyl (C=O) groups is 2. The van der Waals surface area contributed by atoms with Crippen LogP contribution >= 0.6 is 0 Å². The molecule has 1 aliphatic rings. The molecule has 2 amide bonds. The zero-order chi connectivity index (χ0) is 31.8. The van der Waals surface area contributed by atoms with Crippen LogP contribution in [-0.4, -0.2) is 68.3 Å². The highest BCUT2D eigenvalue weighted by Gasteiger charge is 2.41. The van der Waals surface area contributed by atoms with E-state index in [1.165, 1.54) is 17.0 Å². The molecule has 1 fully saturated rings. The van der Waals surface area contributed by atoms with Gasteiger partial charge in [0.15, 0.2) is 0 Å². The Balaban J connectivity index is 1.81. The molecule has 0 saturated carbocycles. The Morgan fingerprint density at radius 3 is 2.51 bits per heavy atom. The van der Waals surface area contributed by atoms with Gasteiger partial charge < -0.3 is 29.1 Å². The highest BCUT2D eigenvalue weighted by molar-refractivity contribution is 5.98. The van der Waals surface area contributed by atoms with Gasteiger partial charge in [0.25, 0.3) is 5.89 Å². The van der Waals surface area contributed by atoms with E-state index in [4.69, 9.17) is 14.0 Å². The number of carbonyl (C=O) groups excluding carboxylic acids is 1. The number of unbranched alkanes of at least 4 members (excludes halogenated alkanes) is 5. The molecule has 12 nitrogen and oxygen atoms in total. The molecule has 1 aliphatic heterocycles. The summed E-state index contributed by atoms with van der Waals surface area (Å²) in [6, 6.07) is 2.26. The van der Waals surface area contributed by atoms with Crippen LogP contribution in [0.2, 0.25) is 0 Å². The number of aliphatic hydroxyl groups excluding tert-OH is 1. The summed E-state index contributed by atoms with van der Waals surface area (Å²) in [7, 11) is 0. The van der Waals surface area contributed by atoms with Gasteiger partial charge in [0.2, 0.25) is 11.8 Å². The van der Waals surface area contributed by atoms with E-state index in [1.54, 1.807) is 20.8 Å². The highest BCUT2D eigenvalue weighted by atomic mass is 19.4. The van der Waals surface area contributed by atoms with Crippen molar-refractivity contribution in [3.63, 3.8) is 0 Å². The number of hydrogen-bond acceptors (Lipinski definition) is 8. The molecular formula is C28H38F3N5O7. The number of aliphatic imine (C=N–C) groups is 1. The molecule has 2 heterocycles. The van der Waals surface area contributed by atoms with Crippen molar-refractivity contribution in [3.8, 4) is 17.1 Å². The second-order valence-corrected chi connectivity index (χ2v) is 11.1. The summed E-state index contributed by atoms with van der Waals surface area (Å²) in [6.45, 7) is 7.12. The summed E-state index contributed by atoms with van der Waals surface area (Å²) in [5.41, 5.74) is -1.91. The molecule has 1 saturated heterocycles. The SMILES string of the molecule is CCCCCCCCOc1ccc(-c2noc([C@@H]3[C@H](O)CCN3/C(=N/C(=O)O)NC(=O)OC(C)(C)C)n2)cc1C(F)(F)F. The molecule has 1 aromatic carbocycles. The number of halogens is 3. The van der Waals surface area contributed by atoms with Gasteiger partial charge >= 0.3 is 18.4 Å². The maximum Gasteiger partial charge on any atom is 0.434 e. The van der Waals surface area contributed by atoms with E-state index in [0.29, 0.717) is 6.42 Å². The Labute approximate surface area is 247 Å². The minimum absolute atomic E-state index is 0.0143. The maximum atomic E-state index is 13.9. The van der Waals surface area contributed by atoms with Crippen molar-refractivity contribution in [3.05, 3.63) is 29.7 Å².